The van der Waals surface area contributed by atoms with Crippen LogP contribution in [0.2, 0.25) is 5.02 Å². The lowest BCUT2D eigenvalue weighted by Crippen LogP contribution is -2.00. The second-order valence-corrected chi connectivity index (χ2v) is 6.14. The van der Waals surface area contributed by atoms with Crippen molar-refractivity contribution in [2.24, 2.45) is 0 Å². The Morgan fingerprint density at radius 1 is 1.32 bits per heavy atom. The maximum absolute atomic E-state index is 12.9. The summed E-state index contributed by atoms with van der Waals surface area (Å²) in [7, 11) is 0. The third-order valence-corrected chi connectivity index (χ3v) is 3.90. The molecule has 0 aromatic heterocycles. The third kappa shape index (κ3) is 5.93. The van der Waals surface area contributed by atoms with Crippen LogP contribution >= 0.6 is 27.5 Å². The third-order valence-electron chi connectivity index (χ3n) is 3.03. The van der Waals surface area contributed by atoms with Crippen LogP contribution in [0.25, 0.3) is 6.08 Å². The molecule has 2 aromatic carbocycles. The predicted molar refractivity (Wildman–Crippen MR) is 98.7 cm³/mol. The fourth-order valence-electron chi connectivity index (χ4n) is 1.87. The van der Waals surface area contributed by atoms with E-state index < -0.39 is 5.97 Å². The molecule has 0 saturated heterocycles. The molecule has 2 rings (SSSR count). The number of ether oxygens (including phenoxy) is 2. The van der Waals surface area contributed by atoms with Gasteiger partial charge in [0.1, 0.15) is 12.4 Å². The second-order valence-electron chi connectivity index (χ2n) is 4.87. The average molecular weight is 424 g/mol. The summed E-state index contributed by atoms with van der Waals surface area (Å²) in [6.07, 6.45) is 7.82. The van der Waals surface area contributed by atoms with Gasteiger partial charge in [-0.1, -0.05) is 29.7 Å². The first kappa shape index (κ1) is 19.0. The molecule has 0 amide bonds. The van der Waals surface area contributed by atoms with Crippen molar-refractivity contribution in [3.05, 3.63) is 68.9 Å². The predicted octanol–water partition coefficient (Wildman–Crippen LogP) is 5.01. The summed E-state index contributed by atoms with van der Waals surface area (Å²) in [4.78, 5) is 11.4. The molecule has 0 aliphatic carbocycles. The van der Waals surface area contributed by atoms with E-state index in [-0.39, 0.29) is 19.0 Å². The van der Waals surface area contributed by atoms with Gasteiger partial charge < -0.3 is 9.47 Å². The highest BCUT2D eigenvalue weighted by Gasteiger charge is 2.09. The van der Waals surface area contributed by atoms with Crippen molar-refractivity contribution in [1.29, 1.82) is 0 Å². The first-order valence-electron chi connectivity index (χ1n) is 7.14. The molecular formula is C19H13BrClFO3. The normalized spacial score (nSPS) is 10.5. The molecule has 0 saturated carbocycles. The molecule has 25 heavy (non-hydrogen) atoms. The van der Waals surface area contributed by atoms with Crippen LogP contribution in [0.4, 0.5) is 4.39 Å². The van der Waals surface area contributed by atoms with E-state index in [1.165, 1.54) is 18.2 Å². The van der Waals surface area contributed by atoms with Crippen LogP contribution in [-0.4, -0.2) is 12.6 Å². The molecule has 128 valence electrons. The molecule has 0 radical (unpaired) electrons. The molecule has 6 heteroatoms. The highest BCUT2D eigenvalue weighted by Crippen LogP contribution is 2.35. The molecule has 2 aromatic rings. The van der Waals surface area contributed by atoms with Crippen LogP contribution in [0.1, 0.15) is 11.1 Å². The fourth-order valence-corrected chi connectivity index (χ4v) is 2.86. The molecule has 0 aliphatic rings. The maximum atomic E-state index is 12.9. The zero-order valence-electron chi connectivity index (χ0n) is 13.0. The molecule has 0 spiro atoms. The number of carbonyl (C=O) groups is 1. The number of halogens is 3. The van der Waals surface area contributed by atoms with Gasteiger partial charge in [-0.15, -0.1) is 6.42 Å². The van der Waals surface area contributed by atoms with Crippen molar-refractivity contribution >= 4 is 39.6 Å². The summed E-state index contributed by atoms with van der Waals surface area (Å²) >= 11 is 9.62. The summed E-state index contributed by atoms with van der Waals surface area (Å²) in [6, 6.07) is 9.39. The molecule has 0 atom stereocenters. The van der Waals surface area contributed by atoms with Gasteiger partial charge in [0.05, 0.1) is 9.50 Å². The summed E-state index contributed by atoms with van der Waals surface area (Å²) in [5.41, 5.74) is 1.49. The minimum atomic E-state index is -0.540. The first-order chi connectivity index (χ1) is 12.0. The zero-order valence-corrected chi connectivity index (χ0v) is 15.3. The molecule has 0 bridgehead atoms. The van der Waals surface area contributed by atoms with Gasteiger partial charge >= 0.3 is 5.97 Å². The van der Waals surface area contributed by atoms with Gasteiger partial charge in [-0.25, -0.2) is 9.18 Å². The van der Waals surface area contributed by atoms with E-state index in [1.807, 2.05) is 0 Å². The quantitative estimate of drug-likeness (QED) is 0.372. The van der Waals surface area contributed by atoms with Crippen LogP contribution in [-0.2, 0) is 16.1 Å². The minimum Gasteiger partial charge on any atom is -0.486 e. The fraction of sp³-hybridized carbons (Fsp3) is 0.105. The van der Waals surface area contributed by atoms with Gasteiger partial charge in [-0.05, 0) is 57.4 Å². The Morgan fingerprint density at radius 3 is 2.68 bits per heavy atom. The van der Waals surface area contributed by atoms with Crippen LogP contribution in [0.15, 0.2) is 46.9 Å². The molecule has 0 heterocycles. The van der Waals surface area contributed by atoms with E-state index in [9.17, 15) is 9.18 Å². The van der Waals surface area contributed by atoms with Crippen LogP contribution < -0.4 is 4.74 Å². The lowest BCUT2D eigenvalue weighted by Gasteiger charge is -2.11. The van der Waals surface area contributed by atoms with Gasteiger partial charge in [-0.2, -0.15) is 0 Å². The Labute approximate surface area is 158 Å². The molecule has 0 aliphatic heterocycles. The topological polar surface area (TPSA) is 35.5 Å². The van der Waals surface area contributed by atoms with Crippen molar-refractivity contribution in [3.63, 3.8) is 0 Å². The van der Waals surface area contributed by atoms with E-state index in [0.717, 1.165) is 5.56 Å². The standard InChI is InChI=1S/C19H13BrClFO3/c1-2-9-24-18(23)8-5-14-10-16(20)19(17(21)11-14)25-12-13-3-6-15(22)7-4-13/h1,3-8,10-11H,9,12H2/b8-5+. The van der Waals surface area contributed by atoms with Crippen molar-refractivity contribution in [1.82, 2.24) is 0 Å². The Morgan fingerprint density at radius 2 is 2.04 bits per heavy atom. The Hall–Kier alpha value is -2.29. The van der Waals surface area contributed by atoms with E-state index in [2.05, 4.69) is 21.9 Å². The Balaban J connectivity index is 2.06. The minimum absolute atomic E-state index is 0.0796. The number of rotatable bonds is 6. The average Bonchev–Trinajstić information content (AvgIpc) is 2.59. The Bertz CT molecular complexity index is 803. The Kier molecular flexibility index (Phi) is 7.05. The van der Waals surface area contributed by atoms with Gasteiger partial charge in [0, 0.05) is 6.08 Å². The van der Waals surface area contributed by atoms with Crippen LogP contribution in [0.3, 0.4) is 0 Å². The van der Waals surface area contributed by atoms with Gasteiger partial charge in [0.2, 0.25) is 0 Å². The molecule has 0 unspecified atom stereocenters. The lowest BCUT2D eigenvalue weighted by atomic mass is 10.2. The highest BCUT2D eigenvalue weighted by molar-refractivity contribution is 9.10. The van der Waals surface area contributed by atoms with Gasteiger partial charge in [0.15, 0.2) is 12.4 Å². The van der Waals surface area contributed by atoms with E-state index in [0.29, 0.717) is 20.8 Å². The highest BCUT2D eigenvalue weighted by atomic mass is 79.9. The summed E-state index contributed by atoms with van der Waals surface area (Å²) in [6.45, 7) is 0.163. The second kappa shape index (κ2) is 9.26. The van der Waals surface area contributed by atoms with Crippen molar-refractivity contribution in [2.75, 3.05) is 6.61 Å². The smallest absolute Gasteiger partial charge is 0.331 e. The van der Waals surface area contributed by atoms with Crippen LogP contribution in [0, 0.1) is 18.2 Å². The summed E-state index contributed by atoms with van der Waals surface area (Å²) in [5.74, 6) is 1.82. The first-order valence-corrected chi connectivity index (χ1v) is 8.31. The number of terminal acetylenes is 1. The monoisotopic (exact) mass is 422 g/mol. The van der Waals surface area contributed by atoms with Gasteiger partial charge in [-0.3, -0.25) is 0 Å². The molecule has 0 N–H and O–H groups in total. The number of esters is 1. The van der Waals surface area contributed by atoms with Crippen LogP contribution in [0.5, 0.6) is 5.75 Å². The zero-order chi connectivity index (χ0) is 18.2. The summed E-state index contributed by atoms with van der Waals surface area (Å²) in [5, 5.41) is 0.369. The maximum Gasteiger partial charge on any atom is 0.331 e. The molecule has 0 fully saturated rings. The lowest BCUT2D eigenvalue weighted by molar-refractivity contribution is -0.136. The molecule has 3 nitrogen and oxygen atoms in total. The number of hydrogen-bond donors (Lipinski definition) is 0. The number of hydrogen-bond acceptors (Lipinski definition) is 3. The van der Waals surface area contributed by atoms with Crippen molar-refractivity contribution in [2.45, 2.75) is 6.61 Å². The van der Waals surface area contributed by atoms with Crippen molar-refractivity contribution in [3.8, 4) is 18.1 Å². The van der Waals surface area contributed by atoms with Gasteiger partial charge in [0.25, 0.3) is 0 Å². The summed E-state index contributed by atoms with van der Waals surface area (Å²) < 4.78 is 23.9. The van der Waals surface area contributed by atoms with E-state index in [1.54, 1.807) is 30.3 Å². The van der Waals surface area contributed by atoms with E-state index >= 15 is 0 Å². The molecular weight excluding hydrogens is 411 g/mol. The SMILES string of the molecule is C#CCOC(=O)/C=C/c1cc(Cl)c(OCc2ccc(F)cc2)c(Br)c1. The van der Waals surface area contributed by atoms with Crippen molar-refractivity contribution < 1.29 is 18.7 Å². The van der Waals surface area contributed by atoms with E-state index in [4.69, 9.17) is 27.5 Å². The largest absolute Gasteiger partial charge is 0.486 e. The number of carbonyl (C=O) groups excluding carboxylic acids is 1. The number of benzene rings is 2.